The molecule has 3 saturated heterocycles. The first kappa shape index (κ1) is 21.9. The van der Waals surface area contributed by atoms with Crippen LogP contribution < -0.4 is 15.0 Å². The van der Waals surface area contributed by atoms with Crippen LogP contribution in [0.5, 0.6) is 5.75 Å². The minimum absolute atomic E-state index is 0. The molecule has 1 aromatic carbocycles. The van der Waals surface area contributed by atoms with Gasteiger partial charge in [0, 0.05) is 58.3 Å². The number of anilines is 1. The fourth-order valence-electron chi connectivity index (χ4n) is 4.61. The smallest absolute Gasteiger partial charge is 0.228 e. The number of piperazine rings is 1. The molecule has 0 spiro atoms. The second-order valence-corrected chi connectivity index (χ2v) is 7.82. The molecule has 3 aliphatic heterocycles. The molecule has 2 atom stereocenters. The number of para-hydroxylation sites is 2. The Hall–Kier alpha value is -1.83. The number of rotatable bonds is 5. The Morgan fingerprint density at radius 1 is 1.17 bits per heavy atom. The Balaban J connectivity index is 0.00000240. The van der Waals surface area contributed by atoms with Crippen molar-refractivity contribution in [3.8, 4) is 5.75 Å². The zero-order chi connectivity index (χ0) is 19.5. The summed E-state index contributed by atoms with van der Waals surface area (Å²) < 4.78 is 5.67. The Morgan fingerprint density at radius 2 is 1.93 bits per heavy atom. The number of likely N-dealkylation sites (tertiary alicyclic amines) is 1. The molecule has 2 unspecified atom stereocenters. The molecule has 0 saturated carbocycles. The molecule has 1 N–H and O–H groups in total. The highest BCUT2D eigenvalue weighted by Gasteiger charge is 2.40. The number of hydrogen-bond acceptors (Lipinski definition) is 5. The Bertz CT molecular complexity index is 726. The van der Waals surface area contributed by atoms with Crippen LogP contribution in [0.2, 0.25) is 0 Å². The zero-order valence-corrected chi connectivity index (χ0v) is 17.8. The minimum atomic E-state index is -0.260. The zero-order valence-electron chi connectivity index (χ0n) is 17.0. The van der Waals surface area contributed by atoms with Gasteiger partial charge in [-0.2, -0.15) is 0 Å². The van der Waals surface area contributed by atoms with Crippen LogP contribution in [0.15, 0.2) is 24.3 Å². The molecule has 3 aliphatic rings. The van der Waals surface area contributed by atoms with Crippen molar-refractivity contribution < 1.29 is 14.3 Å². The largest absolute Gasteiger partial charge is 0.492 e. The summed E-state index contributed by atoms with van der Waals surface area (Å²) in [4.78, 5) is 31.9. The lowest BCUT2D eigenvalue weighted by atomic mass is 10.1. The third-order valence-corrected chi connectivity index (χ3v) is 6.07. The molecule has 0 radical (unpaired) electrons. The first-order valence-electron chi connectivity index (χ1n) is 10.4. The average molecular weight is 423 g/mol. The Labute approximate surface area is 178 Å². The maximum atomic E-state index is 13.1. The number of ether oxygens (including phenoxy) is 1. The van der Waals surface area contributed by atoms with Crippen LogP contribution in [0.4, 0.5) is 5.69 Å². The van der Waals surface area contributed by atoms with Crippen LogP contribution >= 0.6 is 12.4 Å². The van der Waals surface area contributed by atoms with E-state index in [4.69, 9.17) is 4.74 Å². The summed E-state index contributed by atoms with van der Waals surface area (Å²) in [7, 11) is 0. The normalized spacial score (nSPS) is 25.2. The van der Waals surface area contributed by atoms with Gasteiger partial charge in [0.1, 0.15) is 5.75 Å². The number of carbonyl (C=O) groups is 2. The molecule has 4 rings (SSSR count). The number of halogens is 1. The average Bonchev–Trinajstić information content (AvgIpc) is 3.36. The number of nitrogens with zero attached hydrogens (tertiary/aromatic N) is 3. The van der Waals surface area contributed by atoms with Gasteiger partial charge in [0.05, 0.1) is 18.2 Å². The van der Waals surface area contributed by atoms with Gasteiger partial charge in [-0.25, -0.2) is 0 Å². The summed E-state index contributed by atoms with van der Waals surface area (Å²) in [6.45, 7) is 8.65. The van der Waals surface area contributed by atoms with E-state index in [1.807, 2.05) is 36.1 Å². The van der Waals surface area contributed by atoms with Gasteiger partial charge in [-0.3, -0.25) is 14.5 Å². The van der Waals surface area contributed by atoms with Crippen molar-refractivity contribution in [3.63, 3.8) is 0 Å². The van der Waals surface area contributed by atoms with Gasteiger partial charge in [0.15, 0.2) is 0 Å². The molecule has 3 heterocycles. The highest BCUT2D eigenvalue weighted by Crippen LogP contribution is 2.34. The van der Waals surface area contributed by atoms with Gasteiger partial charge < -0.3 is 19.9 Å². The number of benzene rings is 1. The summed E-state index contributed by atoms with van der Waals surface area (Å²) in [5, 5.41) is 3.38. The topological polar surface area (TPSA) is 65.1 Å². The molecule has 2 amide bonds. The van der Waals surface area contributed by atoms with Gasteiger partial charge in [0.2, 0.25) is 11.8 Å². The predicted molar refractivity (Wildman–Crippen MR) is 115 cm³/mol. The highest BCUT2D eigenvalue weighted by molar-refractivity contribution is 6.01. The molecule has 29 heavy (non-hydrogen) atoms. The van der Waals surface area contributed by atoms with Crippen molar-refractivity contribution >= 4 is 29.9 Å². The molecule has 0 aliphatic carbocycles. The maximum Gasteiger partial charge on any atom is 0.228 e. The number of carbonyl (C=O) groups excluding carboxylic acids is 2. The lowest BCUT2D eigenvalue weighted by molar-refractivity contribution is -0.135. The van der Waals surface area contributed by atoms with Crippen molar-refractivity contribution in [2.75, 3.05) is 57.3 Å². The van der Waals surface area contributed by atoms with Gasteiger partial charge in [-0.05, 0) is 25.5 Å². The van der Waals surface area contributed by atoms with Crippen molar-refractivity contribution in [2.45, 2.75) is 25.8 Å². The lowest BCUT2D eigenvalue weighted by Crippen LogP contribution is -2.49. The fourth-order valence-corrected chi connectivity index (χ4v) is 4.61. The molecule has 160 valence electrons. The second kappa shape index (κ2) is 9.78. The highest BCUT2D eigenvalue weighted by atomic mass is 35.5. The van der Waals surface area contributed by atoms with E-state index in [0.29, 0.717) is 24.9 Å². The molecule has 8 heteroatoms. The van der Waals surface area contributed by atoms with Gasteiger partial charge in [-0.1, -0.05) is 12.1 Å². The molecule has 0 bridgehead atoms. The van der Waals surface area contributed by atoms with E-state index in [1.54, 1.807) is 4.90 Å². The quantitative estimate of drug-likeness (QED) is 0.776. The molecule has 1 aromatic rings. The number of nitrogens with one attached hydrogen (secondary N) is 1. The van der Waals surface area contributed by atoms with E-state index in [1.165, 1.54) is 0 Å². The van der Waals surface area contributed by atoms with E-state index in [0.717, 1.165) is 51.4 Å². The Kier molecular flexibility index (Phi) is 7.38. The van der Waals surface area contributed by atoms with E-state index < -0.39 is 0 Å². The lowest BCUT2D eigenvalue weighted by Gasteiger charge is -2.32. The van der Waals surface area contributed by atoms with Gasteiger partial charge in [0.25, 0.3) is 0 Å². The number of amides is 2. The van der Waals surface area contributed by atoms with Crippen molar-refractivity contribution in [1.82, 2.24) is 15.1 Å². The monoisotopic (exact) mass is 422 g/mol. The van der Waals surface area contributed by atoms with Crippen LogP contribution in [-0.4, -0.2) is 80.1 Å². The van der Waals surface area contributed by atoms with E-state index >= 15 is 0 Å². The summed E-state index contributed by atoms with van der Waals surface area (Å²) in [6, 6.07) is 8.03. The first-order valence-corrected chi connectivity index (χ1v) is 10.4. The molecular weight excluding hydrogens is 392 g/mol. The van der Waals surface area contributed by atoms with E-state index in [9.17, 15) is 9.59 Å². The number of hydrogen-bond donors (Lipinski definition) is 1. The van der Waals surface area contributed by atoms with Crippen LogP contribution in [-0.2, 0) is 9.59 Å². The maximum absolute atomic E-state index is 13.1. The van der Waals surface area contributed by atoms with Crippen LogP contribution in [0.3, 0.4) is 0 Å². The van der Waals surface area contributed by atoms with E-state index in [2.05, 4.69) is 10.2 Å². The SMILES string of the molecule is CCOc1ccccc1N1CC(C(=O)N2CCC(N3CCNCC3)C2)CC1=O.Cl. The van der Waals surface area contributed by atoms with E-state index in [-0.39, 0.29) is 36.6 Å². The fraction of sp³-hybridized carbons (Fsp3) is 0.619. The second-order valence-electron chi connectivity index (χ2n) is 7.82. The molecule has 7 nitrogen and oxygen atoms in total. The van der Waals surface area contributed by atoms with Crippen molar-refractivity contribution in [1.29, 1.82) is 0 Å². The first-order chi connectivity index (χ1) is 13.7. The summed E-state index contributed by atoms with van der Waals surface area (Å²) >= 11 is 0. The van der Waals surface area contributed by atoms with Crippen LogP contribution in [0.1, 0.15) is 19.8 Å². The predicted octanol–water partition coefficient (Wildman–Crippen LogP) is 1.37. The van der Waals surface area contributed by atoms with Crippen LogP contribution in [0, 0.1) is 5.92 Å². The summed E-state index contributed by atoms with van der Waals surface area (Å²) in [6.07, 6.45) is 1.32. The third kappa shape index (κ3) is 4.68. The molecule has 3 fully saturated rings. The third-order valence-electron chi connectivity index (χ3n) is 6.07. The van der Waals surface area contributed by atoms with Crippen LogP contribution in [0.25, 0.3) is 0 Å². The Morgan fingerprint density at radius 3 is 2.69 bits per heavy atom. The minimum Gasteiger partial charge on any atom is -0.492 e. The van der Waals surface area contributed by atoms with Crippen molar-refractivity contribution in [2.24, 2.45) is 5.92 Å². The molecular formula is C21H31ClN4O3. The van der Waals surface area contributed by atoms with Crippen molar-refractivity contribution in [3.05, 3.63) is 24.3 Å². The summed E-state index contributed by atoms with van der Waals surface area (Å²) in [5.74, 6) is 0.570. The van der Waals surface area contributed by atoms with Gasteiger partial charge in [-0.15, -0.1) is 12.4 Å². The standard InChI is InChI=1S/C21H30N4O3.ClH/c1-2-28-19-6-4-3-5-18(19)25-14-16(13-20(25)26)21(27)24-10-7-17(15-24)23-11-8-22-9-12-23;/h3-6,16-17,22H,2,7-15H2,1H3;1H. The van der Waals surface area contributed by atoms with Gasteiger partial charge >= 0.3 is 0 Å². The summed E-state index contributed by atoms with van der Waals surface area (Å²) in [5.41, 5.74) is 0.768. The molecule has 0 aromatic heterocycles.